The molecule has 35 heavy (non-hydrogen) atoms. The van der Waals surface area contributed by atoms with E-state index in [9.17, 15) is 4.79 Å². The normalized spacial score (nSPS) is 14.3. The minimum absolute atomic E-state index is 0.144. The molecule has 1 aromatic heterocycles. The summed E-state index contributed by atoms with van der Waals surface area (Å²) in [5.41, 5.74) is 2.92. The zero-order chi connectivity index (χ0) is 24.0. The molecule has 0 atom stereocenters. The van der Waals surface area contributed by atoms with E-state index in [1.807, 2.05) is 89.8 Å². The van der Waals surface area contributed by atoms with Crippen LogP contribution in [0.25, 0.3) is 5.69 Å². The largest absolute Gasteiger partial charge is 0.497 e. The number of ether oxygens (including phenoxy) is 1. The van der Waals surface area contributed by atoms with Gasteiger partial charge < -0.3 is 9.64 Å². The summed E-state index contributed by atoms with van der Waals surface area (Å²) in [4.78, 5) is 17.9. The molecule has 0 spiro atoms. The van der Waals surface area contributed by atoms with Crippen molar-refractivity contribution in [2.24, 2.45) is 0 Å². The van der Waals surface area contributed by atoms with Crippen LogP contribution in [0.1, 0.15) is 22.9 Å². The van der Waals surface area contributed by atoms with Crippen molar-refractivity contribution >= 4 is 5.91 Å². The third-order valence-corrected chi connectivity index (χ3v) is 6.41. The number of piperazine rings is 1. The van der Waals surface area contributed by atoms with Crippen LogP contribution in [0.5, 0.6) is 5.75 Å². The Morgan fingerprint density at radius 3 is 2.03 bits per heavy atom. The first-order chi connectivity index (χ1) is 17.2. The number of nitrogens with zero attached hydrogens (tertiary/aromatic N) is 6. The van der Waals surface area contributed by atoms with E-state index < -0.39 is 0 Å². The van der Waals surface area contributed by atoms with Crippen LogP contribution in [0.15, 0.2) is 84.9 Å². The molecule has 5 rings (SSSR count). The van der Waals surface area contributed by atoms with Crippen LogP contribution >= 0.6 is 0 Å². The van der Waals surface area contributed by atoms with Gasteiger partial charge >= 0.3 is 0 Å². The van der Waals surface area contributed by atoms with Gasteiger partial charge in [0.25, 0.3) is 0 Å². The third-order valence-electron chi connectivity index (χ3n) is 6.41. The summed E-state index contributed by atoms with van der Waals surface area (Å²) < 4.78 is 6.99. The number of carbonyl (C=O) groups is 1. The van der Waals surface area contributed by atoms with Crippen molar-refractivity contribution in [1.82, 2.24) is 30.0 Å². The van der Waals surface area contributed by atoms with Crippen LogP contribution in [0.2, 0.25) is 0 Å². The topological polar surface area (TPSA) is 76.4 Å². The van der Waals surface area contributed by atoms with Crippen LogP contribution in [0, 0.1) is 0 Å². The van der Waals surface area contributed by atoms with Gasteiger partial charge in [0.1, 0.15) is 5.75 Å². The molecule has 0 radical (unpaired) electrons. The number of carbonyl (C=O) groups excluding carboxylic acids is 1. The second-order valence-corrected chi connectivity index (χ2v) is 8.56. The molecule has 1 fully saturated rings. The van der Waals surface area contributed by atoms with Gasteiger partial charge in [0.05, 0.1) is 25.3 Å². The van der Waals surface area contributed by atoms with Gasteiger partial charge in [-0.1, -0.05) is 60.7 Å². The number of aromatic nitrogens is 4. The highest BCUT2D eigenvalue weighted by molar-refractivity contribution is 5.87. The van der Waals surface area contributed by atoms with E-state index in [1.165, 1.54) is 0 Å². The molecule has 1 aliphatic rings. The first-order valence-electron chi connectivity index (χ1n) is 11.8. The maximum atomic E-state index is 13.7. The van der Waals surface area contributed by atoms with Gasteiger partial charge in [-0.25, -0.2) is 0 Å². The van der Waals surface area contributed by atoms with Crippen molar-refractivity contribution in [2.45, 2.75) is 12.5 Å². The molecule has 2 heterocycles. The Kier molecular flexibility index (Phi) is 6.81. The second-order valence-electron chi connectivity index (χ2n) is 8.56. The minimum atomic E-state index is -0.300. The Labute approximate surface area is 204 Å². The summed E-state index contributed by atoms with van der Waals surface area (Å²) in [5, 5.41) is 12.3. The van der Waals surface area contributed by atoms with Crippen LogP contribution in [-0.4, -0.2) is 69.2 Å². The first-order valence-corrected chi connectivity index (χ1v) is 11.8. The summed E-state index contributed by atoms with van der Waals surface area (Å²) in [5.74, 6) is 1.39. The Bertz CT molecular complexity index is 1200. The molecule has 0 saturated carbocycles. The van der Waals surface area contributed by atoms with E-state index >= 15 is 0 Å². The zero-order valence-electron chi connectivity index (χ0n) is 19.7. The number of tetrazole rings is 1. The van der Waals surface area contributed by atoms with Crippen molar-refractivity contribution in [2.75, 3.05) is 33.3 Å². The van der Waals surface area contributed by atoms with E-state index in [0.29, 0.717) is 19.6 Å². The lowest BCUT2D eigenvalue weighted by Crippen LogP contribution is -2.49. The predicted molar refractivity (Wildman–Crippen MR) is 132 cm³/mol. The van der Waals surface area contributed by atoms with Gasteiger partial charge in [0.15, 0.2) is 5.82 Å². The van der Waals surface area contributed by atoms with E-state index in [2.05, 4.69) is 20.4 Å². The molecule has 0 N–H and O–H groups in total. The van der Waals surface area contributed by atoms with E-state index in [4.69, 9.17) is 4.74 Å². The highest BCUT2D eigenvalue weighted by Gasteiger charge is 2.30. The quantitative estimate of drug-likeness (QED) is 0.415. The summed E-state index contributed by atoms with van der Waals surface area (Å²) in [7, 11) is 1.64. The summed E-state index contributed by atoms with van der Waals surface area (Å²) in [6.07, 6.45) is 0. The maximum absolute atomic E-state index is 13.7. The predicted octanol–water partition coefficient (Wildman–Crippen LogP) is 3.15. The van der Waals surface area contributed by atoms with Crippen molar-refractivity contribution < 1.29 is 9.53 Å². The van der Waals surface area contributed by atoms with Crippen molar-refractivity contribution in [3.8, 4) is 11.4 Å². The third kappa shape index (κ3) is 5.07. The lowest BCUT2D eigenvalue weighted by atomic mass is 9.90. The Morgan fingerprint density at radius 2 is 1.46 bits per heavy atom. The Hall–Kier alpha value is -4.04. The SMILES string of the molecule is COc1ccc(-n2nnnc2CN2CCN(C(=O)C(c3ccccc3)c3ccccc3)CC2)cc1. The van der Waals surface area contributed by atoms with Crippen molar-refractivity contribution in [3.63, 3.8) is 0 Å². The van der Waals surface area contributed by atoms with Gasteiger partial charge in [-0.2, -0.15) is 4.68 Å². The molecule has 4 aromatic rings. The fourth-order valence-corrected chi connectivity index (χ4v) is 4.51. The minimum Gasteiger partial charge on any atom is -0.497 e. The Balaban J connectivity index is 1.26. The summed E-state index contributed by atoms with van der Waals surface area (Å²) in [6, 6.07) is 27.7. The van der Waals surface area contributed by atoms with Gasteiger partial charge in [-0.05, 0) is 45.8 Å². The van der Waals surface area contributed by atoms with Crippen LogP contribution in [0.4, 0.5) is 0 Å². The number of amides is 1. The summed E-state index contributed by atoms with van der Waals surface area (Å²) in [6.45, 7) is 3.47. The molecule has 178 valence electrons. The molecule has 0 bridgehead atoms. The van der Waals surface area contributed by atoms with Crippen molar-refractivity contribution in [3.05, 3.63) is 102 Å². The van der Waals surface area contributed by atoms with Gasteiger partial charge in [-0.3, -0.25) is 9.69 Å². The highest BCUT2D eigenvalue weighted by atomic mass is 16.5. The molecule has 1 aliphatic heterocycles. The smallest absolute Gasteiger partial charge is 0.234 e. The number of methoxy groups -OCH3 is 1. The molecule has 1 amide bonds. The number of hydrogen-bond donors (Lipinski definition) is 0. The molecule has 8 nitrogen and oxygen atoms in total. The zero-order valence-corrected chi connectivity index (χ0v) is 19.7. The fraction of sp³-hybridized carbons (Fsp3) is 0.259. The number of hydrogen-bond acceptors (Lipinski definition) is 6. The standard InChI is InChI=1S/C27H28N6O2/c1-35-24-14-12-23(13-15-24)33-25(28-29-30-33)20-31-16-18-32(19-17-31)27(34)26(21-8-4-2-5-9-21)22-10-6-3-7-11-22/h2-15,26H,16-20H2,1H3. The average molecular weight is 469 g/mol. The fourth-order valence-electron chi connectivity index (χ4n) is 4.51. The maximum Gasteiger partial charge on any atom is 0.234 e. The van der Waals surface area contributed by atoms with Crippen LogP contribution in [0.3, 0.4) is 0 Å². The van der Waals surface area contributed by atoms with Gasteiger partial charge in [0, 0.05) is 26.2 Å². The lowest BCUT2D eigenvalue weighted by Gasteiger charge is -2.36. The molecular formula is C27H28N6O2. The summed E-state index contributed by atoms with van der Waals surface area (Å²) >= 11 is 0. The van der Waals surface area contributed by atoms with Gasteiger partial charge in [-0.15, -0.1) is 5.10 Å². The van der Waals surface area contributed by atoms with Crippen LogP contribution < -0.4 is 4.74 Å². The van der Waals surface area contributed by atoms with Gasteiger partial charge in [0.2, 0.25) is 5.91 Å². The van der Waals surface area contributed by atoms with E-state index in [-0.39, 0.29) is 11.8 Å². The molecule has 1 saturated heterocycles. The lowest BCUT2D eigenvalue weighted by molar-refractivity contribution is -0.133. The molecule has 0 unspecified atom stereocenters. The monoisotopic (exact) mass is 468 g/mol. The number of rotatable bonds is 7. The first kappa shape index (κ1) is 22.7. The van der Waals surface area contributed by atoms with E-state index in [0.717, 1.165) is 41.5 Å². The molecule has 0 aliphatic carbocycles. The van der Waals surface area contributed by atoms with Crippen molar-refractivity contribution in [1.29, 1.82) is 0 Å². The second kappa shape index (κ2) is 10.5. The highest BCUT2D eigenvalue weighted by Crippen LogP contribution is 2.27. The molecule has 3 aromatic carbocycles. The average Bonchev–Trinajstić information content (AvgIpc) is 3.38. The number of benzene rings is 3. The molecular weight excluding hydrogens is 440 g/mol. The van der Waals surface area contributed by atoms with Crippen LogP contribution in [-0.2, 0) is 11.3 Å². The molecule has 8 heteroatoms. The van der Waals surface area contributed by atoms with E-state index in [1.54, 1.807) is 11.8 Å². The Morgan fingerprint density at radius 1 is 0.857 bits per heavy atom.